The smallest absolute Gasteiger partial charge is 0.129 e. The summed E-state index contributed by atoms with van der Waals surface area (Å²) in [5, 5.41) is 3.34. The van der Waals surface area contributed by atoms with Crippen molar-refractivity contribution in [1.82, 2.24) is 10.3 Å². The highest BCUT2D eigenvalue weighted by Gasteiger charge is 2.19. The fraction of sp³-hybridized carbons (Fsp3) is 0.545. The van der Waals surface area contributed by atoms with Gasteiger partial charge in [0.2, 0.25) is 0 Å². The molecule has 1 fully saturated rings. The summed E-state index contributed by atoms with van der Waals surface area (Å²) in [6.07, 6.45) is 2.50. The predicted octanol–water partition coefficient (Wildman–Crippen LogP) is 2.03. The van der Waals surface area contributed by atoms with Gasteiger partial charge in [0, 0.05) is 19.1 Å². The van der Waals surface area contributed by atoms with Crippen LogP contribution < -0.4 is 10.2 Å². The maximum absolute atomic E-state index is 4.48. The second kappa shape index (κ2) is 4.94. The van der Waals surface area contributed by atoms with Gasteiger partial charge in [0.15, 0.2) is 0 Å². The fourth-order valence-electron chi connectivity index (χ4n) is 1.99. The number of rotatable bonds is 2. The monoisotopic (exact) mass is 269 g/mol. The van der Waals surface area contributed by atoms with Gasteiger partial charge >= 0.3 is 0 Å². The Morgan fingerprint density at radius 1 is 1.53 bits per heavy atom. The van der Waals surface area contributed by atoms with Crippen LogP contribution in [-0.2, 0) is 0 Å². The van der Waals surface area contributed by atoms with E-state index >= 15 is 0 Å². The van der Waals surface area contributed by atoms with E-state index in [-0.39, 0.29) is 0 Å². The van der Waals surface area contributed by atoms with Gasteiger partial charge in [-0.05, 0) is 48.0 Å². The van der Waals surface area contributed by atoms with E-state index in [1.54, 1.807) is 0 Å². The normalized spacial score (nSPS) is 21.7. The summed E-state index contributed by atoms with van der Waals surface area (Å²) in [5.41, 5.74) is 0. The Balaban J connectivity index is 2.09. The summed E-state index contributed by atoms with van der Waals surface area (Å²) in [6.45, 7) is 2.17. The van der Waals surface area contributed by atoms with E-state index in [1.165, 1.54) is 12.8 Å². The lowest BCUT2D eigenvalue weighted by Crippen LogP contribution is -2.44. The summed E-state index contributed by atoms with van der Waals surface area (Å²) >= 11 is 3.41. The highest BCUT2D eigenvalue weighted by molar-refractivity contribution is 9.10. The Labute approximate surface area is 99.0 Å². The van der Waals surface area contributed by atoms with Crippen LogP contribution in [0.4, 0.5) is 5.82 Å². The van der Waals surface area contributed by atoms with Crippen molar-refractivity contribution in [2.75, 3.05) is 25.0 Å². The van der Waals surface area contributed by atoms with E-state index in [4.69, 9.17) is 0 Å². The maximum Gasteiger partial charge on any atom is 0.129 e. The zero-order chi connectivity index (χ0) is 10.7. The SMILES string of the molecule is CNC1CCCN(c2cccc(Br)n2)C1. The van der Waals surface area contributed by atoms with E-state index in [9.17, 15) is 0 Å². The number of pyridine rings is 1. The van der Waals surface area contributed by atoms with Crippen LogP contribution in [0.1, 0.15) is 12.8 Å². The number of nitrogens with one attached hydrogen (secondary N) is 1. The Morgan fingerprint density at radius 3 is 3.13 bits per heavy atom. The van der Waals surface area contributed by atoms with E-state index in [0.29, 0.717) is 6.04 Å². The van der Waals surface area contributed by atoms with Crippen LogP contribution in [0.5, 0.6) is 0 Å². The molecule has 4 heteroatoms. The molecule has 1 N–H and O–H groups in total. The van der Waals surface area contributed by atoms with Crippen LogP contribution in [-0.4, -0.2) is 31.2 Å². The van der Waals surface area contributed by atoms with E-state index in [2.05, 4.69) is 37.2 Å². The standard InChI is InChI=1S/C11H16BrN3/c1-13-9-4-3-7-15(8-9)11-6-2-5-10(12)14-11/h2,5-6,9,13H,3-4,7-8H2,1H3. The Hall–Kier alpha value is -0.610. The van der Waals surface area contributed by atoms with Gasteiger partial charge in [-0.15, -0.1) is 0 Å². The largest absolute Gasteiger partial charge is 0.355 e. The van der Waals surface area contributed by atoms with E-state index in [0.717, 1.165) is 23.5 Å². The average molecular weight is 270 g/mol. The van der Waals surface area contributed by atoms with Crippen molar-refractivity contribution in [3.63, 3.8) is 0 Å². The number of piperidine rings is 1. The molecule has 1 aliphatic heterocycles. The predicted molar refractivity (Wildman–Crippen MR) is 66.2 cm³/mol. The van der Waals surface area contributed by atoms with E-state index in [1.807, 2.05) is 19.2 Å². The molecule has 0 amide bonds. The summed E-state index contributed by atoms with van der Waals surface area (Å²) in [7, 11) is 2.03. The topological polar surface area (TPSA) is 28.2 Å². The maximum atomic E-state index is 4.48. The third-order valence-corrected chi connectivity index (χ3v) is 3.30. The van der Waals surface area contributed by atoms with Crippen LogP contribution in [0.2, 0.25) is 0 Å². The molecule has 15 heavy (non-hydrogen) atoms. The third-order valence-electron chi connectivity index (χ3n) is 2.85. The van der Waals surface area contributed by atoms with Crippen molar-refractivity contribution in [3.8, 4) is 0 Å². The number of likely N-dealkylation sites (N-methyl/N-ethyl adjacent to an activating group) is 1. The van der Waals surface area contributed by atoms with Gasteiger partial charge in [-0.25, -0.2) is 4.98 Å². The minimum atomic E-state index is 0.597. The Morgan fingerprint density at radius 2 is 2.40 bits per heavy atom. The third kappa shape index (κ3) is 2.69. The lowest BCUT2D eigenvalue weighted by molar-refractivity contribution is 0.447. The molecule has 1 atom stereocenters. The molecule has 2 rings (SSSR count). The van der Waals surface area contributed by atoms with Gasteiger partial charge in [0.1, 0.15) is 10.4 Å². The number of hydrogen-bond donors (Lipinski definition) is 1. The van der Waals surface area contributed by atoms with Gasteiger partial charge in [0.05, 0.1) is 0 Å². The number of hydrogen-bond acceptors (Lipinski definition) is 3. The van der Waals surface area contributed by atoms with Gasteiger partial charge in [-0.3, -0.25) is 0 Å². The quantitative estimate of drug-likeness (QED) is 0.833. The Kier molecular flexibility index (Phi) is 3.59. The summed E-state index contributed by atoms with van der Waals surface area (Å²) in [5.74, 6) is 1.07. The second-order valence-electron chi connectivity index (χ2n) is 3.89. The molecule has 0 aromatic carbocycles. The molecule has 2 heterocycles. The van der Waals surface area contributed by atoms with Crippen LogP contribution in [0.25, 0.3) is 0 Å². The number of anilines is 1. The Bertz CT molecular complexity index is 329. The van der Waals surface area contributed by atoms with Crippen molar-refractivity contribution >= 4 is 21.7 Å². The summed E-state index contributed by atoms with van der Waals surface area (Å²) in [4.78, 5) is 6.82. The second-order valence-corrected chi connectivity index (χ2v) is 4.70. The molecule has 1 unspecified atom stereocenters. The molecule has 0 aliphatic carbocycles. The molecule has 0 spiro atoms. The highest BCUT2D eigenvalue weighted by Crippen LogP contribution is 2.19. The van der Waals surface area contributed by atoms with Crippen molar-refractivity contribution < 1.29 is 0 Å². The van der Waals surface area contributed by atoms with Crippen molar-refractivity contribution in [3.05, 3.63) is 22.8 Å². The molecule has 1 aliphatic rings. The molecule has 0 saturated carbocycles. The minimum Gasteiger partial charge on any atom is -0.355 e. The molecule has 1 aromatic heterocycles. The van der Waals surface area contributed by atoms with Gasteiger partial charge in [-0.1, -0.05) is 6.07 Å². The molecule has 1 aromatic rings. The fourth-order valence-corrected chi connectivity index (χ4v) is 2.33. The molecule has 3 nitrogen and oxygen atoms in total. The number of aromatic nitrogens is 1. The van der Waals surface area contributed by atoms with Crippen LogP contribution in [0.15, 0.2) is 22.8 Å². The molecular formula is C11H16BrN3. The van der Waals surface area contributed by atoms with Gasteiger partial charge < -0.3 is 10.2 Å². The first-order chi connectivity index (χ1) is 7.29. The lowest BCUT2D eigenvalue weighted by Gasteiger charge is -2.33. The van der Waals surface area contributed by atoms with Crippen molar-refractivity contribution in [1.29, 1.82) is 0 Å². The lowest BCUT2D eigenvalue weighted by atomic mass is 10.1. The first kappa shape index (κ1) is 10.9. The molecule has 0 bridgehead atoms. The molecular weight excluding hydrogens is 254 g/mol. The minimum absolute atomic E-state index is 0.597. The number of nitrogens with zero attached hydrogens (tertiary/aromatic N) is 2. The summed E-state index contributed by atoms with van der Waals surface area (Å²) in [6, 6.07) is 6.67. The van der Waals surface area contributed by atoms with E-state index < -0.39 is 0 Å². The average Bonchev–Trinajstić information content (AvgIpc) is 2.29. The van der Waals surface area contributed by atoms with Crippen LogP contribution in [0.3, 0.4) is 0 Å². The molecule has 82 valence electrons. The summed E-state index contributed by atoms with van der Waals surface area (Å²) < 4.78 is 0.909. The van der Waals surface area contributed by atoms with Crippen molar-refractivity contribution in [2.24, 2.45) is 0 Å². The zero-order valence-electron chi connectivity index (χ0n) is 8.91. The van der Waals surface area contributed by atoms with Gasteiger partial charge in [0.25, 0.3) is 0 Å². The van der Waals surface area contributed by atoms with Crippen LogP contribution >= 0.6 is 15.9 Å². The molecule has 0 radical (unpaired) electrons. The number of halogens is 1. The zero-order valence-corrected chi connectivity index (χ0v) is 10.5. The first-order valence-electron chi connectivity index (χ1n) is 5.34. The highest BCUT2D eigenvalue weighted by atomic mass is 79.9. The van der Waals surface area contributed by atoms with Crippen molar-refractivity contribution in [2.45, 2.75) is 18.9 Å². The van der Waals surface area contributed by atoms with Gasteiger partial charge in [-0.2, -0.15) is 0 Å². The molecule has 1 saturated heterocycles. The first-order valence-corrected chi connectivity index (χ1v) is 6.13. The van der Waals surface area contributed by atoms with Crippen LogP contribution in [0, 0.1) is 0 Å².